The number of benzene rings is 1. The number of hydrogen-bond acceptors (Lipinski definition) is 7. The summed E-state index contributed by atoms with van der Waals surface area (Å²) in [7, 11) is 0. The van der Waals surface area contributed by atoms with Gasteiger partial charge in [-0.3, -0.25) is 18.9 Å². The molecule has 3 aromatic heterocycles. The molecule has 0 saturated carbocycles. The molecule has 0 spiro atoms. The third-order valence-corrected chi connectivity index (χ3v) is 6.49. The molecule has 1 N–H and O–H groups in total. The van der Waals surface area contributed by atoms with Crippen molar-refractivity contribution in [3.8, 4) is 0 Å². The van der Waals surface area contributed by atoms with Crippen LogP contribution in [-0.2, 0) is 17.9 Å². The lowest BCUT2D eigenvalue weighted by atomic mass is 10.2. The van der Waals surface area contributed by atoms with E-state index in [0.717, 1.165) is 5.56 Å². The third kappa shape index (κ3) is 4.33. The predicted octanol–water partition coefficient (Wildman–Crippen LogP) is 4.30. The average molecular weight is 475 g/mol. The van der Waals surface area contributed by atoms with E-state index in [1.165, 1.54) is 16.2 Å². The van der Waals surface area contributed by atoms with Gasteiger partial charge in [-0.2, -0.15) is 0 Å². The number of aromatic nitrogens is 2. The highest BCUT2D eigenvalue weighted by molar-refractivity contribution is 8.26. The van der Waals surface area contributed by atoms with E-state index in [1.54, 1.807) is 41.6 Å². The standard InChI is InChI=1S/C24H18N4O3S2/c29-22-18(13-19-23(30)28(24(32)33-19)15-16-7-2-1-3-8-16)21(25-14-17-9-6-12-31-17)26-20-10-4-5-11-27(20)22/h1-13,25H,14-15H2. The molecule has 1 aliphatic rings. The first-order valence-electron chi connectivity index (χ1n) is 10.2. The van der Waals surface area contributed by atoms with Gasteiger partial charge in [0.25, 0.3) is 11.5 Å². The summed E-state index contributed by atoms with van der Waals surface area (Å²) >= 11 is 6.64. The van der Waals surface area contributed by atoms with Crippen LogP contribution in [0.15, 0.2) is 87.2 Å². The molecule has 0 atom stereocenters. The number of nitrogens with one attached hydrogen (secondary N) is 1. The molecule has 5 rings (SSSR count). The second-order valence-electron chi connectivity index (χ2n) is 7.29. The summed E-state index contributed by atoms with van der Waals surface area (Å²) in [5.74, 6) is 0.838. The van der Waals surface area contributed by atoms with E-state index in [4.69, 9.17) is 16.6 Å². The fourth-order valence-corrected chi connectivity index (χ4v) is 4.72. The zero-order valence-electron chi connectivity index (χ0n) is 17.3. The number of anilines is 1. The van der Waals surface area contributed by atoms with Crippen LogP contribution in [0.1, 0.15) is 16.9 Å². The Morgan fingerprint density at radius 3 is 2.67 bits per heavy atom. The maximum atomic E-state index is 13.3. The molecule has 1 fully saturated rings. The van der Waals surface area contributed by atoms with Gasteiger partial charge >= 0.3 is 0 Å². The molecule has 0 radical (unpaired) electrons. The molecular weight excluding hydrogens is 456 g/mol. The number of furan rings is 1. The lowest BCUT2D eigenvalue weighted by Crippen LogP contribution is -2.27. The number of nitrogens with zero attached hydrogens (tertiary/aromatic N) is 3. The van der Waals surface area contributed by atoms with Crippen LogP contribution in [0.2, 0.25) is 0 Å². The van der Waals surface area contributed by atoms with Crippen molar-refractivity contribution in [2.45, 2.75) is 13.1 Å². The Bertz CT molecular complexity index is 1430. The molecule has 1 aliphatic heterocycles. The second-order valence-corrected chi connectivity index (χ2v) is 8.97. The summed E-state index contributed by atoms with van der Waals surface area (Å²) in [4.78, 5) is 33.0. The molecule has 164 valence electrons. The minimum absolute atomic E-state index is 0.233. The number of amides is 1. The number of rotatable bonds is 6. The van der Waals surface area contributed by atoms with Crippen LogP contribution in [0.4, 0.5) is 5.82 Å². The smallest absolute Gasteiger partial charge is 0.267 e. The largest absolute Gasteiger partial charge is 0.467 e. The number of thioether (sulfide) groups is 1. The Morgan fingerprint density at radius 2 is 1.88 bits per heavy atom. The Hall–Kier alpha value is -3.69. The second kappa shape index (κ2) is 9.05. The first-order valence-corrected chi connectivity index (χ1v) is 11.4. The Kier molecular flexibility index (Phi) is 5.80. The van der Waals surface area contributed by atoms with Crippen LogP contribution in [-0.4, -0.2) is 24.5 Å². The molecule has 7 nitrogen and oxygen atoms in total. The topological polar surface area (TPSA) is 79.9 Å². The van der Waals surface area contributed by atoms with Gasteiger partial charge in [-0.05, 0) is 35.9 Å². The summed E-state index contributed by atoms with van der Waals surface area (Å²) in [6.45, 7) is 0.722. The molecule has 4 heterocycles. The summed E-state index contributed by atoms with van der Waals surface area (Å²) < 4.78 is 7.28. The maximum Gasteiger partial charge on any atom is 0.267 e. The number of carbonyl (C=O) groups is 1. The van der Waals surface area contributed by atoms with Crippen LogP contribution in [0.3, 0.4) is 0 Å². The fraction of sp³-hybridized carbons (Fsp3) is 0.0833. The number of thiocarbonyl (C=S) groups is 1. The van der Waals surface area contributed by atoms with Crippen LogP contribution >= 0.6 is 24.0 Å². The van der Waals surface area contributed by atoms with E-state index in [0.29, 0.717) is 39.5 Å². The Morgan fingerprint density at radius 1 is 1.06 bits per heavy atom. The maximum absolute atomic E-state index is 13.3. The average Bonchev–Trinajstić information content (AvgIpc) is 3.44. The van der Waals surface area contributed by atoms with Crippen molar-refractivity contribution in [3.63, 3.8) is 0 Å². The minimum Gasteiger partial charge on any atom is -0.467 e. The monoisotopic (exact) mass is 474 g/mol. The van der Waals surface area contributed by atoms with Crippen LogP contribution in [0, 0.1) is 0 Å². The van der Waals surface area contributed by atoms with Crippen molar-refractivity contribution < 1.29 is 9.21 Å². The molecule has 1 saturated heterocycles. The van der Waals surface area contributed by atoms with Gasteiger partial charge in [0.1, 0.15) is 21.5 Å². The van der Waals surface area contributed by atoms with Crippen LogP contribution in [0.5, 0.6) is 0 Å². The molecule has 33 heavy (non-hydrogen) atoms. The summed E-state index contributed by atoms with van der Waals surface area (Å²) in [5.41, 5.74) is 1.47. The normalized spacial score (nSPS) is 15.0. The third-order valence-electron chi connectivity index (χ3n) is 5.11. The summed E-state index contributed by atoms with van der Waals surface area (Å²) in [6.07, 6.45) is 4.81. The van der Waals surface area contributed by atoms with Crippen molar-refractivity contribution >= 4 is 51.7 Å². The van der Waals surface area contributed by atoms with Gasteiger partial charge in [-0.25, -0.2) is 4.98 Å². The lowest BCUT2D eigenvalue weighted by Gasteiger charge is -2.14. The van der Waals surface area contributed by atoms with Gasteiger partial charge in [0.2, 0.25) is 0 Å². The fourth-order valence-electron chi connectivity index (χ4n) is 3.48. The highest BCUT2D eigenvalue weighted by Gasteiger charge is 2.32. The first-order chi connectivity index (χ1) is 16.1. The van der Waals surface area contributed by atoms with Crippen LogP contribution in [0.25, 0.3) is 11.7 Å². The first kappa shape index (κ1) is 21.2. The number of carbonyl (C=O) groups excluding carboxylic acids is 1. The van der Waals surface area contributed by atoms with Crippen molar-refractivity contribution in [1.29, 1.82) is 0 Å². The van der Waals surface area contributed by atoms with E-state index in [1.807, 2.05) is 42.5 Å². The van der Waals surface area contributed by atoms with E-state index in [2.05, 4.69) is 10.3 Å². The lowest BCUT2D eigenvalue weighted by molar-refractivity contribution is -0.122. The van der Waals surface area contributed by atoms with Gasteiger partial charge in [0.05, 0.1) is 29.8 Å². The van der Waals surface area contributed by atoms with Gasteiger partial charge in [-0.15, -0.1) is 0 Å². The zero-order valence-corrected chi connectivity index (χ0v) is 18.9. The molecule has 1 amide bonds. The molecule has 1 aromatic carbocycles. The number of hydrogen-bond donors (Lipinski definition) is 1. The highest BCUT2D eigenvalue weighted by Crippen LogP contribution is 2.34. The van der Waals surface area contributed by atoms with Gasteiger partial charge < -0.3 is 9.73 Å². The molecule has 9 heteroatoms. The number of pyridine rings is 1. The zero-order chi connectivity index (χ0) is 22.8. The van der Waals surface area contributed by atoms with Crippen molar-refractivity contribution in [1.82, 2.24) is 14.3 Å². The number of fused-ring (bicyclic) bond motifs is 1. The van der Waals surface area contributed by atoms with Crippen LogP contribution < -0.4 is 10.9 Å². The van der Waals surface area contributed by atoms with Crippen molar-refractivity contribution in [2.75, 3.05) is 5.32 Å². The molecule has 0 bridgehead atoms. The Balaban J connectivity index is 1.52. The van der Waals surface area contributed by atoms with Crippen molar-refractivity contribution in [3.05, 3.63) is 105 Å². The van der Waals surface area contributed by atoms with E-state index in [9.17, 15) is 9.59 Å². The predicted molar refractivity (Wildman–Crippen MR) is 133 cm³/mol. The molecule has 0 unspecified atom stereocenters. The minimum atomic E-state index is -0.282. The van der Waals surface area contributed by atoms with Gasteiger partial charge in [0, 0.05) is 6.20 Å². The SMILES string of the molecule is O=C1C(=Cc2c(NCc3ccco3)nc3ccccn3c2=O)SC(=S)N1Cc1ccccc1. The highest BCUT2D eigenvalue weighted by atomic mass is 32.2. The van der Waals surface area contributed by atoms with E-state index >= 15 is 0 Å². The summed E-state index contributed by atoms with van der Waals surface area (Å²) in [6, 6.07) is 18.6. The summed E-state index contributed by atoms with van der Waals surface area (Å²) in [5, 5.41) is 3.17. The molecular formula is C24H18N4O3S2. The Labute approximate surface area is 198 Å². The van der Waals surface area contributed by atoms with Gasteiger partial charge in [0.15, 0.2) is 0 Å². The van der Waals surface area contributed by atoms with Gasteiger partial charge in [-0.1, -0.05) is 60.4 Å². The van der Waals surface area contributed by atoms with E-state index in [-0.39, 0.29) is 17.0 Å². The van der Waals surface area contributed by atoms with Crippen molar-refractivity contribution in [2.24, 2.45) is 0 Å². The van der Waals surface area contributed by atoms with E-state index < -0.39 is 0 Å². The molecule has 4 aromatic rings. The molecule has 0 aliphatic carbocycles. The quantitative estimate of drug-likeness (QED) is 0.330.